The average Bonchev–Trinajstić information content (AvgIpc) is 3.93. The van der Waals surface area contributed by atoms with Gasteiger partial charge in [0.1, 0.15) is 0 Å². The lowest BCUT2D eigenvalue weighted by Gasteiger charge is -2.35. The Morgan fingerprint density at radius 1 is 0.517 bits per heavy atom. The zero-order valence-electron chi connectivity index (χ0n) is 34.2. The van der Waals surface area contributed by atoms with Gasteiger partial charge in [-0.15, -0.1) is 0 Å². The summed E-state index contributed by atoms with van der Waals surface area (Å²) in [4.78, 5) is 5.19. The third-order valence-electron chi connectivity index (χ3n) is 13.1. The molecule has 1 aliphatic heterocycles. The van der Waals surface area contributed by atoms with Crippen LogP contribution in [0.25, 0.3) is 33.4 Å². The SMILES string of the molecule is C/C(=C\C=C1/Cc2ccccc2S1)N(c1cccc(-c2cccc3c2C(C)(C)c2ccccc2-3)c1)c1ccc2c(c1)C(c1ccccc1)(c1ccccc1)c1ccccc1-2. The highest BCUT2D eigenvalue weighted by Gasteiger charge is 2.46. The predicted molar refractivity (Wildman–Crippen MR) is 253 cm³/mol. The average molecular weight is 788 g/mol. The molecule has 60 heavy (non-hydrogen) atoms. The lowest BCUT2D eigenvalue weighted by molar-refractivity contribution is 0.662. The Hall–Kier alpha value is -6.61. The Labute approximate surface area is 358 Å². The van der Waals surface area contributed by atoms with Crippen molar-refractivity contribution in [1.82, 2.24) is 0 Å². The molecule has 0 amide bonds. The molecule has 0 saturated carbocycles. The van der Waals surface area contributed by atoms with Crippen LogP contribution in [0.3, 0.4) is 0 Å². The van der Waals surface area contributed by atoms with E-state index in [0.29, 0.717) is 0 Å². The van der Waals surface area contributed by atoms with Gasteiger partial charge in [0.2, 0.25) is 0 Å². The Morgan fingerprint density at radius 3 is 1.85 bits per heavy atom. The van der Waals surface area contributed by atoms with Crippen molar-refractivity contribution >= 4 is 23.1 Å². The Kier molecular flexibility index (Phi) is 8.69. The summed E-state index contributed by atoms with van der Waals surface area (Å²) >= 11 is 1.89. The molecule has 0 aromatic heterocycles. The molecular weight excluding hydrogens is 743 g/mol. The minimum absolute atomic E-state index is 0.121. The molecule has 8 aromatic rings. The van der Waals surface area contributed by atoms with Crippen LogP contribution < -0.4 is 4.90 Å². The Balaban J connectivity index is 1.11. The maximum Gasteiger partial charge on any atom is 0.0714 e. The van der Waals surface area contributed by atoms with Crippen LogP contribution in [0.15, 0.2) is 222 Å². The summed E-state index contributed by atoms with van der Waals surface area (Å²) in [5.41, 5.74) is 19.9. The molecule has 1 nitrogen and oxygen atoms in total. The van der Waals surface area contributed by atoms with Crippen LogP contribution in [0.2, 0.25) is 0 Å². The molecule has 0 spiro atoms. The monoisotopic (exact) mass is 787 g/mol. The second-order valence-corrected chi connectivity index (χ2v) is 18.0. The van der Waals surface area contributed by atoms with Gasteiger partial charge in [-0.2, -0.15) is 0 Å². The summed E-state index contributed by atoms with van der Waals surface area (Å²) in [5.74, 6) is 0. The van der Waals surface area contributed by atoms with E-state index in [1.54, 1.807) is 0 Å². The van der Waals surface area contributed by atoms with Crippen molar-refractivity contribution in [2.75, 3.05) is 4.90 Å². The summed E-state index contributed by atoms with van der Waals surface area (Å²) in [6.45, 7) is 7.02. The van der Waals surface area contributed by atoms with Gasteiger partial charge in [0.15, 0.2) is 0 Å². The molecule has 0 N–H and O–H groups in total. The van der Waals surface area contributed by atoms with Crippen LogP contribution in [0.5, 0.6) is 0 Å². The van der Waals surface area contributed by atoms with E-state index >= 15 is 0 Å². The van der Waals surface area contributed by atoms with Crippen LogP contribution >= 0.6 is 11.8 Å². The van der Waals surface area contributed by atoms with Crippen molar-refractivity contribution in [3.05, 3.63) is 256 Å². The summed E-state index contributed by atoms with van der Waals surface area (Å²) in [7, 11) is 0. The maximum absolute atomic E-state index is 2.48. The van der Waals surface area contributed by atoms with Gasteiger partial charge in [0.05, 0.1) is 5.41 Å². The minimum Gasteiger partial charge on any atom is -0.314 e. The summed E-state index contributed by atoms with van der Waals surface area (Å²) < 4.78 is 0. The zero-order chi connectivity index (χ0) is 40.4. The summed E-state index contributed by atoms with van der Waals surface area (Å²) in [6, 6.07) is 72.2. The second-order valence-electron chi connectivity index (χ2n) is 16.9. The van der Waals surface area contributed by atoms with E-state index in [1.165, 1.54) is 82.1 Å². The highest BCUT2D eigenvalue weighted by atomic mass is 32.2. The van der Waals surface area contributed by atoms with E-state index in [0.717, 1.165) is 23.5 Å². The largest absolute Gasteiger partial charge is 0.314 e. The van der Waals surface area contributed by atoms with Gasteiger partial charge in [0, 0.05) is 33.8 Å². The number of hydrogen-bond acceptors (Lipinski definition) is 2. The molecule has 0 saturated heterocycles. The zero-order valence-corrected chi connectivity index (χ0v) is 35.0. The van der Waals surface area contributed by atoms with Gasteiger partial charge in [-0.1, -0.05) is 195 Å². The van der Waals surface area contributed by atoms with E-state index in [-0.39, 0.29) is 5.41 Å². The number of rotatable bonds is 7. The molecule has 3 aliphatic rings. The van der Waals surface area contributed by atoms with E-state index < -0.39 is 5.41 Å². The van der Waals surface area contributed by atoms with Gasteiger partial charge in [0.25, 0.3) is 0 Å². The minimum atomic E-state index is -0.491. The lowest BCUT2D eigenvalue weighted by Crippen LogP contribution is -2.28. The van der Waals surface area contributed by atoms with E-state index in [2.05, 4.69) is 232 Å². The van der Waals surface area contributed by atoms with Gasteiger partial charge in [-0.3, -0.25) is 0 Å². The standard InChI is InChI=1S/C58H45NS/c1-39(32-34-46-37-41-18-10-15-31-55(41)60-46)59(44-24-16-19-40(36-44)47-27-17-28-51-49-26-11-13-29-52(49)57(2,3)56(47)51)45-33-35-50-48-25-12-14-30-53(48)58(54(50)38-45,42-20-6-4-7-21-42)43-22-8-5-9-23-43/h4-36,38H,37H2,1-3H3/b39-32+,46-34+. The van der Waals surface area contributed by atoms with Gasteiger partial charge >= 0.3 is 0 Å². The fourth-order valence-electron chi connectivity index (χ4n) is 10.5. The fraction of sp³-hybridized carbons (Fsp3) is 0.103. The number of allylic oxidation sites excluding steroid dienone is 4. The quantitative estimate of drug-likeness (QED) is 0.158. The molecule has 1 heterocycles. The van der Waals surface area contributed by atoms with Crippen molar-refractivity contribution in [1.29, 1.82) is 0 Å². The highest BCUT2D eigenvalue weighted by Crippen LogP contribution is 2.57. The first kappa shape index (κ1) is 36.5. The number of benzene rings is 8. The first-order valence-electron chi connectivity index (χ1n) is 21.1. The van der Waals surface area contributed by atoms with E-state index in [4.69, 9.17) is 0 Å². The molecule has 2 heteroatoms. The van der Waals surface area contributed by atoms with Gasteiger partial charge in [-0.25, -0.2) is 0 Å². The van der Waals surface area contributed by atoms with Crippen molar-refractivity contribution in [2.45, 2.75) is 42.9 Å². The number of nitrogens with zero attached hydrogens (tertiary/aromatic N) is 1. The fourth-order valence-corrected chi connectivity index (χ4v) is 11.6. The lowest BCUT2D eigenvalue weighted by atomic mass is 9.67. The van der Waals surface area contributed by atoms with Crippen LogP contribution in [0, 0.1) is 0 Å². The topological polar surface area (TPSA) is 3.24 Å². The third kappa shape index (κ3) is 5.62. The first-order chi connectivity index (χ1) is 29.4. The molecule has 2 aliphatic carbocycles. The molecule has 11 rings (SSSR count). The number of thioether (sulfide) groups is 1. The molecule has 0 bridgehead atoms. The molecule has 8 aromatic carbocycles. The number of anilines is 2. The number of hydrogen-bond donors (Lipinski definition) is 0. The Morgan fingerprint density at radius 2 is 1.10 bits per heavy atom. The van der Waals surface area contributed by atoms with Crippen LogP contribution in [0.1, 0.15) is 59.7 Å². The highest BCUT2D eigenvalue weighted by molar-refractivity contribution is 8.03. The number of fused-ring (bicyclic) bond motifs is 7. The molecule has 288 valence electrons. The first-order valence-corrected chi connectivity index (χ1v) is 21.9. The van der Waals surface area contributed by atoms with Crippen molar-refractivity contribution in [3.63, 3.8) is 0 Å². The van der Waals surface area contributed by atoms with Crippen LogP contribution in [-0.2, 0) is 17.3 Å². The van der Waals surface area contributed by atoms with Crippen LogP contribution in [-0.4, -0.2) is 0 Å². The molecule has 0 atom stereocenters. The summed E-state index contributed by atoms with van der Waals surface area (Å²) in [6.07, 6.45) is 5.62. The third-order valence-corrected chi connectivity index (χ3v) is 14.3. The second kappa shape index (κ2) is 14.3. The van der Waals surface area contributed by atoms with Crippen molar-refractivity contribution in [2.24, 2.45) is 0 Å². The smallest absolute Gasteiger partial charge is 0.0714 e. The molecule has 0 radical (unpaired) electrons. The molecule has 0 fully saturated rings. The van der Waals surface area contributed by atoms with Crippen molar-refractivity contribution < 1.29 is 0 Å². The predicted octanol–water partition coefficient (Wildman–Crippen LogP) is 15.3. The summed E-state index contributed by atoms with van der Waals surface area (Å²) in [5, 5.41) is 0. The van der Waals surface area contributed by atoms with Gasteiger partial charge < -0.3 is 4.90 Å². The Bertz CT molecular complexity index is 2960. The van der Waals surface area contributed by atoms with Gasteiger partial charge in [-0.05, 0) is 121 Å². The van der Waals surface area contributed by atoms with Crippen LogP contribution in [0.4, 0.5) is 11.4 Å². The molecule has 0 unspecified atom stereocenters. The normalized spacial score (nSPS) is 15.8. The van der Waals surface area contributed by atoms with E-state index in [1.807, 2.05) is 11.8 Å². The van der Waals surface area contributed by atoms with Crippen molar-refractivity contribution in [3.8, 4) is 33.4 Å². The maximum atomic E-state index is 2.48. The molecular formula is C58H45NS. The van der Waals surface area contributed by atoms with E-state index in [9.17, 15) is 0 Å².